The summed E-state index contributed by atoms with van der Waals surface area (Å²) in [6.45, 7) is 3.31. The number of piperidine rings is 1. The molecule has 1 unspecified atom stereocenters. The van der Waals surface area contributed by atoms with E-state index in [0.29, 0.717) is 16.4 Å². The molecule has 2 aromatic heterocycles. The molecule has 1 spiro atoms. The summed E-state index contributed by atoms with van der Waals surface area (Å²) in [5.74, 6) is 0.0193. The van der Waals surface area contributed by atoms with Crippen molar-refractivity contribution < 1.29 is 13.2 Å². The molecule has 2 N–H and O–H groups in total. The number of quaternary nitrogens is 1. The van der Waals surface area contributed by atoms with Crippen LogP contribution in [0.5, 0.6) is 0 Å². The summed E-state index contributed by atoms with van der Waals surface area (Å²) in [4.78, 5) is 22.4. The third kappa shape index (κ3) is 3.44. The van der Waals surface area contributed by atoms with E-state index >= 15 is 0 Å². The lowest BCUT2D eigenvalue weighted by Gasteiger charge is -2.35. The molecular weight excluding hydrogens is 462 g/mol. The van der Waals surface area contributed by atoms with Gasteiger partial charge in [-0.1, -0.05) is 29.5 Å². The molecule has 1 saturated heterocycles. The highest BCUT2D eigenvalue weighted by Crippen LogP contribution is 2.51. The summed E-state index contributed by atoms with van der Waals surface area (Å²) in [7, 11) is -3.87. The van der Waals surface area contributed by atoms with Gasteiger partial charge in [0.15, 0.2) is 16.5 Å². The molecule has 4 heterocycles. The van der Waals surface area contributed by atoms with Crippen LogP contribution in [-0.4, -0.2) is 60.0 Å². The largest absolute Gasteiger partial charge is 0.442 e. The van der Waals surface area contributed by atoms with Crippen LogP contribution in [0.4, 0.5) is 16.3 Å². The number of carbonyl (C=O) groups is 1. The Morgan fingerprint density at radius 1 is 1.21 bits per heavy atom. The minimum Gasteiger partial charge on any atom is -0.317 e. The quantitative estimate of drug-likeness (QED) is 0.539. The summed E-state index contributed by atoms with van der Waals surface area (Å²) in [5.41, 5.74) is 3.21. The van der Waals surface area contributed by atoms with Crippen LogP contribution in [0.3, 0.4) is 0 Å². The van der Waals surface area contributed by atoms with E-state index in [1.807, 2.05) is 12.1 Å². The molecule has 12 heteroatoms. The van der Waals surface area contributed by atoms with Crippen LogP contribution >= 0.6 is 11.3 Å². The second kappa shape index (κ2) is 8.20. The molecule has 10 nitrogen and oxygen atoms in total. The van der Waals surface area contributed by atoms with Gasteiger partial charge in [0.05, 0.1) is 23.6 Å². The second-order valence-electron chi connectivity index (χ2n) is 8.28. The zero-order valence-corrected chi connectivity index (χ0v) is 19.7. The molecule has 0 radical (unpaired) electrons. The van der Waals surface area contributed by atoms with Gasteiger partial charge in [-0.05, 0) is 32.9 Å². The van der Waals surface area contributed by atoms with Crippen molar-refractivity contribution in [3.8, 4) is 10.7 Å². The van der Waals surface area contributed by atoms with Crippen LogP contribution in [0, 0.1) is 0 Å². The van der Waals surface area contributed by atoms with Gasteiger partial charge in [0.2, 0.25) is 0 Å². The number of para-hydroxylation sites is 1. The van der Waals surface area contributed by atoms with E-state index in [0.717, 1.165) is 31.5 Å². The first-order chi connectivity index (χ1) is 15.9. The van der Waals surface area contributed by atoms with Crippen molar-refractivity contribution >= 4 is 38.9 Å². The van der Waals surface area contributed by atoms with Crippen LogP contribution in [0.2, 0.25) is 0 Å². The molecule has 33 heavy (non-hydrogen) atoms. The number of amides is 2. The molecule has 2 aliphatic rings. The van der Waals surface area contributed by atoms with Crippen molar-refractivity contribution in [3.05, 3.63) is 47.7 Å². The molecule has 0 aliphatic carbocycles. The molecule has 172 valence electrons. The summed E-state index contributed by atoms with van der Waals surface area (Å²) >= 11 is 1.33. The average molecular weight is 487 g/mol. The maximum Gasteiger partial charge on any atom is 0.442 e. The van der Waals surface area contributed by atoms with Gasteiger partial charge in [0.25, 0.3) is 0 Å². The maximum absolute atomic E-state index is 13.8. The van der Waals surface area contributed by atoms with Gasteiger partial charge in [0.1, 0.15) is 17.7 Å². The third-order valence-corrected chi connectivity index (χ3v) is 9.47. The monoisotopic (exact) mass is 486 g/mol. The number of nitrogens with zero attached hydrogens (tertiary/aromatic N) is 5. The Bertz CT molecular complexity index is 1270. The van der Waals surface area contributed by atoms with Crippen molar-refractivity contribution in [3.63, 3.8) is 0 Å². The Morgan fingerprint density at radius 3 is 2.67 bits per heavy atom. The van der Waals surface area contributed by atoms with Gasteiger partial charge < -0.3 is 5.32 Å². The number of anilines is 1. The first-order valence-electron chi connectivity index (χ1n) is 10.7. The number of hydrogen-bond donors (Lipinski definition) is 2. The SMILES string of the molecule is CCS(=O)(=O)[N+]1(C(=O)Nc2cnc(-c3nncs3)cn2)CC2(CCNCC2)c2ccccc21. The molecule has 5 rings (SSSR count). The molecule has 3 aromatic rings. The number of nitrogens with one attached hydrogen (secondary N) is 2. The lowest BCUT2D eigenvalue weighted by atomic mass is 9.75. The zero-order chi connectivity index (χ0) is 23.1. The van der Waals surface area contributed by atoms with Gasteiger partial charge >= 0.3 is 16.1 Å². The minimum atomic E-state index is -3.87. The normalized spacial score (nSPS) is 21.6. The van der Waals surface area contributed by atoms with Gasteiger partial charge in [-0.15, -0.1) is 14.1 Å². The molecule has 1 fully saturated rings. The molecule has 0 saturated carbocycles. The van der Waals surface area contributed by atoms with Crippen LogP contribution < -0.4 is 14.5 Å². The molecule has 1 atom stereocenters. The second-order valence-corrected chi connectivity index (χ2v) is 11.5. The standard InChI is InChI=1S/C21H23N7O3S2/c1-2-33(30,31)28(13-21(7-9-22-10-8-21)15-5-3-4-6-17(15)28)20(29)26-18-12-23-16(11-24-18)19-27-25-14-32-19/h3-6,11-12,14,22H,2,7-10,13H2,1H3/p+1. The van der Waals surface area contributed by atoms with Gasteiger partial charge in [0, 0.05) is 11.6 Å². The van der Waals surface area contributed by atoms with Crippen molar-refractivity contribution in [2.24, 2.45) is 0 Å². The highest BCUT2D eigenvalue weighted by Gasteiger charge is 2.63. The Hall–Kier alpha value is -2.80. The van der Waals surface area contributed by atoms with E-state index < -0.39 is 19.9 Å². The number of rotatable bonds is 4. The number of benzene rings is 1. The van der Waals surface area contributed by atoms with Crippen LogP contribution in [-0.2, 0) is 15.4 Å². The van der Waals surface area contributed by atoms with Crippen molar-refractivity contribution in [1.82, 2.24) is 29.4 Å². The maximum atomic E-state index is 13.8. The molecular formula is C21H24N7O3S2+. The van der Waals surface area contributed by atoms with Crippen molar-refractivity contribution in [1.29, 1.82) is 0 Å². The van der Waals surface area contributed by atoms with Gasteiger partial charge in [-0.25, -0.2) is 14.8 Å². The molecule has 1 aromatic carbocycles. The first kappa shape index (κ1) is 22.0. The molecule has 0 bridgehead atoms. The van der Waals surface area contributed by atoms with E-state index in [1.54, 1.807) is 24.6 Å². The van der Waals surface area contributed by atoms with Crippen molar-refractivity contribution in [2.75, 3.05) is 30.7 Å². The highest BCUT2D eigenvalue weighted by molar-refractivity contribution is 7.91. The lowest BCUT2D eigenvalue weighted by molar-refractivity contribution is 0.225. The van der Waals surface area contributed by atoms with Crippen LogP contribution in [0.25, 0.3) is 10.7 Å². The first-order valence-corrected chi connectivity index (χ1v) is 13.2. The minimum absolute atomic E-state index is 0.162. The summed E-state index contributed by atoms with van der Waals surface area (Å²) < 4.78 is 26.4. The predicted octanol–water partition coefficient (Wildman–Crippen LogP) is 2.52. The fourth-order valence-electron chi connectivity index (χ4n) is 4.93. The van der Waals surface area contributed by atoms with Crippen LogP contribution in [0.15, 0.2) is 42.2 Å². The van der Waals surface area contributed by atoms with E-state index in [1.165, 1.54) is 23.7 Å². The Morgan fingerprint density at radius 2 is 2.00 bits per heavy atom. The van der Waals surface area contributed by atoms with Crippen LogP contribution in [0.1, 0.15) is 25.3 Å². The number of sulfonamides is 1. The van der Waals surface area contributed by atoms with Gasteiger partial charge in [-0.2, -0.15) is 8.42 Å². The zero-order valence-electron chi connectivity index (χ0n) is 18.1. The Kier molecular flexibility index (Phi) is 5.47. The third-order valence-electron chi connectivity index (χ3n) is 6.58. The van der Waals surface area contributed by atoms with E-state index in [-0.39, 0.29) is 23.5 Å². The van der Waals surface area contributed by atoms with E-state index in [9.17, 15) is 13.2 Å². The summed E-state index contributed by atoms with van der Waals surface area (Å²) in [5, 5.41) is 14.4. The Labute approximate surface area is 195 Å². The summed E-state index contributed by atoms with van der Waals surface area (Å²) in [6, 6.07) is 6.80. The number of carbonyl (C=O) groups excluding carboxylic acids is 1. The summed E-state index contributed by atoms with van der Waals surface area (Å²) in [6.07, 6.45) is 4.44. The van der Waals surface area contributed by atoms with Gasteiger partial charge in [-0.3, -0.25) is 5.32 Å². The average Bonchev–Trinajstić information content (AvgIpc) is 3.47. The fraction of sp³-hybridized carbons (Fsp3) is 0.381. The van der Waals surface area contributed by atoms with E-state index in [2.05, 4.69) is 30.8 Å². The molecule has 2 aliphatic heterocycles. The number of hydrogen-bond acceptors (Lipinski definition) is 9. The topological polar surface area (TPSA) is 127 Å². The smallest absolute Gasteiger partial charge is 0.317 e. The number of fused-ring (bicyclic) bond motifs is 2. The fourth-order valence-corrected chi connectivity index (χ4v) is 7.09. The number of urea groups is 1. The highest BCUT2D eigenvalue weighted by atomic mass is 32.2. The molecule has 2 amide bonds. The van der Waals surface area contributed by atoms with E-state index in [4.69, 9.17) is 0 Å². The van der Waals surface area contributed by atoms with Crippen molar-refractivity contribution in [2.45, 2.75) is 25.2 Å². The predicted molar refractivity (Wildman–Crippen MR) is 126 cm³/mol. The number of aromatic nitrogens is 4. The Balaban J connectivity index is 1.56. The lowest BCUT2D eigenvalue weighted by Crippen LogP contribution is -2.62.